The summed E-state index contributed by atoms with van der Waals surface area (Å²) in [4.78, 5) is 16.3. The minimum atomic E-state index is -0.525. The summed E-state index contributed by atoms with van der Waals surface area (Å²) >= 11 is 9.33. The molecule has 0 saturated heterocycles. The Labute approximate surface area is 151 Å². The second-order valence-electron chi connectivity index (χ2n) is 4.81. The summed E-state index contributed by atoms with van der Waals surface area (Å²) in [6.07, 6.45) is 0. The van der Waals surface area contributed by atoms with Crippen molar-refractivity contribution in [2.75, 3.05) is 6.61 Å². The zero-order chi connectivity index (χ0) is 17.1. The zero-order valence-corrected chi connectivity index (χ0v) is 15.0. The highest BCUT2D eigenvalue weighted by Crippen LogP contribution is 2.27. The third-order valence-corrected chi connectivity index (χ3v) is 3.94. The van der Waals surface area contributed by atoms with Crippen molar-refractivity contribution in [2.45, 2.75) is 13.5 Å². The minimum Gasteiger partial charge on any atom is -0.473 e. The molecule has 0 spiro atoms. The van der Waals surface area contributed by atoms with Crippen LogP contribution in [0, 0.1) is 0 Å². The van der Waals surface area contributed by atoms with Crippen molar-refractivity contribution in [3.05, 3.63) is 57.3 Å². The molecule has 0 fully saturated rings. The standard InChI is InChI=1S/C16H13BrClN3O3/c1-2-23-16(22)13-14(17)20-21-12(8-11(18)19-15(13)21)24-9-10-6-4-3-5-7-10/h3-8H,2,9H2,1H3. The summed E-state index contributed by atoms with van der Waals surface area (Å²) in [5.74, 6) is -0.145. The van der Waals surface area contributed by atoms with Crippen molar-refractivity contribution < 1.29 is 14.3 Å². The molecule has 0 atom stereocenters. The molecule has 0 amide bonds. The van der Waals surface area contributed by atoms with Crippen LogP contribution in [0.25, 0.3) is 5.65 Å². The lowest BCUT2D eigenvalue weighted by Gasteiger charge is -2.08. The molecule has 8 heteroatoms. The number of carbonyl (C=O) groups is 1. The van der Waals surface area contributed by atoms with Crippen molar-refractivity contribution in [1.82, 2.24) is 14.6 Å². The third-order valence-electron chi connectivity index (χ3n) is 3.19. The van der Waals surface area contributed by atoms with Gasteiger partial charge in [0.1, 0.15) is 21.9 Å². The van der Waals surface area contributed by atoms with Crippen LogP contribution in [-0.4, -0.2) is 27.2 Å². The van der Waals surface area contributed by atoms with Gasteiger partial charge >= 0.3 is 5.97 Å². The van der Waals surface area contributed by atoms with Gasteiger partial charge in [-0.25, -0.2) is 9.78 Å². The number of ether oxygens (including phenoxy) is 2. The van der Waals surface area contributed by atoms with Gasteiger partial charge in [-0.2, -0.15) is 9.61 Å². The van der Waals surface area contributed by atoms with Gasteiger partial charge in [0.05, 0.1) is 6.61 Å². The fourth-order valence-corrected chi connectivity index (χ4v) is 2.82. The van der Waals surface area contributed by atoms with Gasteiger partial charge in [-0.15, -0.1) is 0 Å². The van der Waals surface area contributed by atoms with Crippen LogP contribution in [0.4, 0.5) is 0 Å². The summed E-state index contributed by atoms with van der Waals surface area (Å²) in [6, 6.07) is 11.2. The van der Waals surface area contributed by atoms with Crippen LogP contribution in [0.3, 0.4) is 0 Å². The molecule has 0 radical (unpaired) electrons. The first-order valence-corrected chi connectivity index (χ1v) is 8.36. The smallest absolute Gasteiger partial charge is 0.344 e. The lowest BCUT2D eigenvalue weighted by atomic mass is 10.2. The maximum Gasteiger partial charge on any atom is 0.344 e. The van der Waals surface area contributed by atoms with Crippen LogP contribution in [0.1, 0.15) is 22.8 Å². The Morgan fingerprint density at radius 1 is 1.33 bits per heavy atom. The summed E-state index contributed by atoms with van der Waals surface area (Å²) < 4.78 is 12.6. The lowest BCUT2D eigenvalue weighted by Crippen LogP contribution is -2.07. The molecule has 3 rings (SSSR count). The van der Waals surface area contributed by atoms with Crippen LogP contribution in [0.5, 0.6) is 5.88 Å². The van der Waals surface area contributed by atoms with Gasteiger partial charge in [0.15, 0.2) is 5.65 Å². The van der Waals surface area contributed by atoms with E-state index in [4.69, 9.17) is 21.1 Å². The molecule has 0 aliphatic rings. The Balaban J connectivity index is 1.99. The Bertz CT molecular complexity index is 883. The van der Waals surface area contributed by atoms with Crippen molar-refractivity contribution in [3.63, 3.8) is 0 Å². The second kappa shape index (κ2) is 7.19. The van der Waals surface area contributed by atoms with E-state index in [1.54, 1.807) is 13.0 Å². The number of fused-ring (bicyclic) bond motifs is 1. The largest absolute Gasteiger partial charge is 0.473 e. The van der Waals surface area contributed by atoms with E-state index in [-0.39, 0.29) is 23.0 Å². The van der Waals surface area contributed by atoms with Gasteiger partial charge in [0.2, 0.25) is 5.88 Å². The predicted octanol–water partition coefficient (Wildman–Crippen LogP) is 3.90. The normalized spacial score (nSPS) is 10.8. The van der Waals surface area contributed by atoms with Gasteiger partial charge in [-0.05, 0) is 28.4 Å². The first kappa shape index (κ1) is 16.7. The fraction of sp³-hybridized carbons (Fsp3) is 0.188. The Morgan fingerprint density at radius 2 is 2.08 bits per heavy atom. The molecule has 0 N–H and O–H groups in total. The van der Waals surface area contributed by atoms with Crippen LogP contribution in [-0.2, 0) is 11.3 Å². The highest BCUT2D eigenvalue weighted by molar-refractivity contribution is 9.10. The summed E-state index contributed by atoms with van der Waals surface area (Å²) in [6.45, 7) is 2.31. The quantitative estimate of drug-likeness (QED) is 0.471. The lowest BCUT2D eigenvalue weighted by molar-refractivity contribution is 0.0527. The van der Waals surface area contributed by atoms with E-state index in [0.29, 0.717) is 17.1 Å². The molecule has 0 aliphatic heterocycles. The molecule has 124 valence electrons. The average Bonchev–Trinajstić information content (AvgIpc) is 2.89. The van der Waals surface area contributed by atoms with E-state index in [9.17, 15) is 4.79 Å². The van der Waals surface area contributed by atoms with E-state index < -0.39 is 5.97 Å². The number of hydrogen-bond acceptors (Lipinski definition) is 5. The average molecular weight is 411 g/mol. The maximum absolute atomic E-state index is 12.1. The predicted molar refractivity (Wildman–Crippen MR) is 92.4 cm³/mol. The Kier molecular flexibility index (Phi) is 5.01. The third kappa shape index (κ3) is 3.37. The SMILES string of the molecule is CCOC(=O)c1c(Br)nn2c(OCc3ccccc3)cc(Cl)nc12. The summed E-state index contributed by atoms with van der Waals surface area (Å²) in [5.41, 5.74) is 1.48. The molecule has 24 heavy (non-hydrogen) atoms. The molecule has 0 unspecified atom stereocenters. The Hall–Kier alpha value is -2.12. The van der Waals surface area contributed by atoms with Crippen molar-refractivity contribution in [2.24, 2.45) is 0 Å². The molecular formula is C16H13BrClN3O3. The number of esters is 1. The molecule has 2 aromatic heterocycles. The number of nitrogens with zero attached hydrogens (tertiary/aromatic N) is 3. The number of carbonyl (C=O) groups excluding carboxylic acids is 1. The molecule has 3 aromatic rings. The second-order valence-corrected chi connectivity index (χ2v) is 5.95. The van der Waals surface area contributed by atoms with Crippen molar-refractivity contribution in [1.29, 1.82) is 0 Å². The van der Waals surface area contributed by atoms with Crippen LogP contribution in [0.2, 0.25) is 5.15 Å². The topological polar surface area (TPSA) is 65.7 Å². The summed E-state index contributed by atoms with van der Waals surface area (Å²) in [7, 11) is 0. The number of benzene rings is 1. The monoisotopic (exact) mass is 409 g/mol. The van der Waals surface area contributed by atoms with Crippen LogP contribution >= 0.6 is 27.5 Å². The number of rotatable bonds is 5. The van der Waals surface area contributed by atoms with Crippen molar-refractivity contribution in [3.8, 4) is 5.88 Å². The van der Waals surface area contributed by atoms with Gasteiger partial charge in [-0.1, -0.05) is 41.9 Å². The van der Waals surface area contributed by atoms with E-state index in [0.717, 1.165) is 5.56 Å². The van der Waals surface area contributed by atoms with Crippen molar-refractivity contribution >= 4 is 39.1 Å². The molecule has 0 saturated carbocycles. The van der Waals surface area contributed by atoms with Gasteiger partial charge in [0, 0.05) is 6.07 Å². The van der Waals surface area contributed by atoms with E-state index >= 15 is 0 Å². The molecular weight excluding hydrogens is 398 g/mol. The molecule has 0 bridgehead atoms. The highest BCUT2D eigenvalue weighted by atomic mass is 79.9. The minimum absolute atomic E-state index is 0.198. The first-order valence-electron chi connectivity index (χ1n) is 7.18. The van der Waals surface area contributed by atoms with Crippen LogP contribution < -0.4 is 4.74 Å². The van der Waals surface area contributed by atoms with E-state index in [1.807, 2.05) is 30.3 Å². The van der Waals surface area contributed by atoms with Gasteiger partial charge in [-0.3, -0.25) is 0 Å². The van der Waals surface area contributed by atoms with Crippen LogP contribution in [0.15, 0.2) is 41.0 Å². The van der Waals surface area contributed by atoms with E-state index in [1.165, 1.54) is 4.52 Å². The zero-order valence-electron chi connectivity index (χ0n) is 12.7. The molecule has 6 nitrogen and oxygen atoms in total. The number of hydrogen-bond donors (Lipinski definition) is 0. The number of halogens is 2. The molecule has 1 aromatic carbocycles. The van der Waals surface area contributed by atoms with Gasteiger partial charge in [0.25, 0.3) is 0 Å². The highest BCUT2D eigenvalue weighted by Gasteiger charge is 2.23. The Morgan fingerprint density at radius 3 is 2.79 bits per heavy atom. The maximum atomic E-state index is 12.1. The molecule has 2 heterocycles. The van der Waals surface area contributed by atoms with E-state index in [2.05, 4.69) is 26.0 Å². The molecule has 0 aliphatic carbocycles. The fourth-order valence-electron chi connectivity index (χ4n) is 2.15. The first-order chi connectivity index (χ1) is 11.6. The number of aromatic nitrogens is 3. The van der Waals surface area contributed by atoms with Gasteiger partial charge < -0.3 is 9.47 Å². The summed E-state index contributed by atoms with van der Waals surface area (Å²) in [5, 5.41) is 4.45.